The van der Waals surface area contributed by atoms with Gasteiger partial charge in [0.2, 0.25) is 11.8 Å². The number of rotatable bonds is 10. The number of imidazole rings is 1. The molecule has 0 spiro atoms. The molecule has 0 aromatic carbocycles. The third-order valence-corrected chi connectivity index (χ3v) is 8.49. The smallest absolute Gasteiger partial charge is 0.410 e. The molecule has 1 aliphatic heterocycles. The van der Waals surface area contributed by atoms with Crippen molar-refractivity contribution < 1.29 is 38.2 Å². The number of anilines is 1. The molecule has 314 valence electrons. The fourth-order valence-corrected chi connectivity index (χ4v) is 5.71. The van der Waals surface area contributed by atoms with Crippen molar-refractivity contribution >= 4 is 47.1 Å². The van der Waals surface area contributed by atoms with Crippen LogP contribution in [-0.2, 0) is 30.3 Å². The number of hydrogen-bond acceptors (Lipinski definition) is 12. The first-order chi connectivity index (χ1) is 26.1. The van der Waals surface area contributed by atoms with E-state index >= 15 is 0 Å². The SMILES string of the molecule is CC(C)(C)OC(=O)N1CCN(C(=O)CCCCCNC(=O)CCCn2cnc3c(N)ncnc32)CCN(C(=O)OC(C)(C)C)CCN(C(=O)OC(C)(C)C)CC1. The lowest BCUT2D eigenvalue weighted by atomic mass is 10.1. The predicted octanol–water partition coefficient (Wildman–Crippen LogP) is 4.42. The van der Waals surface area contributed by atoms with Gasteiger partial charge in [-0.25, -0.2) is 29.3 Å². The number of unbranched alkanes of at least 4 members (excludes halogenated alkanes) is 2. The minimum atomic E-state index is -0.754. The van der Waals surface area contributed by atoms with Crippen LogP contribution in [0.4, 0.5) is 20.2 Å². The number of nitrogens with one attached hydrogen (secondary N) is 1. The number of carbonyl (C=O) groups is 5. The highest BCUT2D eigenvalue weighted by molar-refractivity contribution is 5.81. The van der Waals surface area contributed by atoms with Crippen molar-refractivity contribution in [1.82, 2.24) is 44.4 Å². The maximum atomic E-state index is 13.7. The molecule has 2 aromatic rings. The molecule has 56 heavy (non-hydrogen) atoms. The van der Waals surface area contributed by atoms with Crippen LogP contribution in [-0.4, -0.2) is 145 Å². The summed E-state index contributed by atoms with van der Waals surface area (Å²) in [5.74, 6) is 0.141. The minimum Gasteiger partial charge on any atom is -0.444 e. The molecule has 3 heterocycles. The number of nitrogens with two attached hydrogens (primary N) is 1. The lowest BCUT2D eigenvalue weighted by molar-refractivity contribution is -0.132. The lowest BCUT2D eigenvalue weighted by Crippen LogP contribution is -2.52. The van der Waals surface area contributed by atoms with Crippen LogP contribution < -0.4 is 11.1 Å². The van der Waals surface area contributed by atoms with Gasteiger partial charge in [0.15, 0.2) is 11.5 Å². The maximum Gasteiger partial charge on any atom is 0.410 e. The van der Waals surface area contributed by atoms with Crippen molar-refractivity contribution in [1.29, 1.82) is 0 Å². The average Bonchev–Trinajstić information content (AvgIpc) is 3.48. The molecule has 2 aromatic heterocycles. The monoisotopic (exact) mass is 788 g/mol. The fourth-order valence-electron chi connectivity index (χ4n) is 5.71. The van der Waals surface area contributed by atoms with Gasteiger partial charge in [-0.3, -0.25) is 9.59 Å². The molecule has 18 heteroatoms. The van der Waals surface area contributed by atoms with Crippen LogP contribution in [0, 0.1) is 0 Å². The zero-order valence-corrected chi connectivity index (χ0v) is 34.9. The molecule has 18 nitrogen and oxygen atoms in total. The van der Waals surface area contributed by atoms with Crippen molar-refractivity contribution in [3.8, 4) is 0 Å². The van der Waals surface area contributed by atoms with Crippen molar-refractivity contribution in [3.63, 3.8) is 0 Å². The molecule has 1 saturated heterocycles. The Balaban J connectivity index is 1.58. The summed E-state index contributed by atoms with van der Waals surface area (Å²) in [5, 5.41) is 2.95. The van der Waals surface area contributed by atoms with Gasteiger partial charge in [0.1, 0.15) is 28.6 Å². The van der Waals surface area contributed by atoms with E-state index in [-0.39, 0.29) is 70.6 Å². The molecule has 0 unspecified atom stereocenters. The number of amides is 5. The van der Waals surface area contributed by atoms with E-state index in [0.29, 0.717) is 55.8 Å². The molecule has 3 rings (SSSR count). The Bertz CT molecular complexity index is 1580. The number of aryl methyl sites for hydroxylation is 1. The zero-order valence-electron chi connectivity index (χ0n) is 34.9. The average molecular weight is 789 g/mol. The highest BCUT2D eigenvalue weighted by Gasteiger charge is 2.30. The van der Waals surface area contributed by atoms with E-state index in [9.17, 15) is 24.0 Å². The molecule has 0 saturated carbocycles. The van der Waals surface area contributed by atoms with Crippen LogP contribution in [0.3, 0.4) is 0 Å². The van der Waals surface area contributed by atoms with Gasteiger partial charge in [-0.1, -0.05) is 6.42 Å². The summed E-state index contributed by atoms with van der Waals surface area (Å²) in [7, 11) is 0. The number of hydrogen-bond donors (Lipinski definition) is 2. The first kappa shape index (κ1) is 45.5. The van der Waals surface area contributed by atoms with E-state index in [2.05, 4.69) is 20.3 Å². The second-order valence-electron chi connectivity index (χ2n) is 16.9. The molecule has 5 amide bonds. The Morgan fingerprint density at radius 3 is 1.55 bits per heavy atom. The molecule has 3 N–H and O–H groups in total. The molecule has 0 aliphatic carbocycles. The zero-order chi connectivity index (χ0) is 41.7. The van der Waals surface area contributed by atoms with E-state index in [0.717, 1.165) is 6.42 Å². The van der Waals surface area contributed by atoms with Crippen LogP contribution in [0.1, 0.15) is 101 Å². The van der Waals surface area contributed by atoms with Gasteiger partial charge in [-0.15, -0.1) is 0 Å². The van der Waals surface area contributed by atoms with Crippen LogP contribution in [0.5, 0.6) is 0 Å². The van der Waals surface area contributed by atoms with Crippen molar-refractivity contribution in [2.24, 2.45) is 0 Å². The largest absolute Gasteiger partial charge is 0.444 e. The fraction of sp³-hybridized carbons (Fsp3) is 0.737. The predicted molar refractivity (Wildman–Crippen MR) is 210 cm³/mol. The lowest BCUT2D eigenvalue weighted by Gasteiger charge is -2.36. The number of aromatic nitrogens is 4. The Kier molecular flexibility index (Phi) is 16.5. The van der Waals surface area contributed by atoms with Gasteiger partial charge in [-0.2, -0.15) is 0 Å². The molecule has 1 fully saturated rings. The summed E-state index contributed by atoms with van der Waals surface area (Å²) in [6.07, 6.45) is 4.57. The molecule has 0 radical (unpaired) electrons. The van der Waals surface area contributed by atoms with Crippen molar-refractivity contribution in [2.75, 3.05) is 64.6 Å². The van der Waals surface area contributed by atoms with Gasteiger partial charge in [-0.05, 0) is 81.6 Å². The Hall–Kier alpha value is -4.90. The first-order valence-corrected chi connectivity index (χ1v) is 19.5. The Morgan fingerprint density at radius 1 is 0.625 bits per heavy atom. The van der Waals surface area contributed by atoms with Gasteiger partial charge in [0, 0.05) is 78.3 Å². The van der Waals surface area contributed by atoms with E-state index in [1.807, 2.05) is 4.57 Å². The summed E-state index contributed by atoms with van der Waals surface area (Å²) < 4.78 is 18.9. The molecule has 1 aliphatic rings. The van der Waals surface area contributed by atoms with Gasteiger partial charge in [0.25, 0.3) is 0 Å². The third-order valence-electron chi connectivity index (χ3n) is 8.49. The van der Waals surface area contributed by atoms with E-state index in [1.165, 1.54) is 21.0 Å². The molecule has 0 bridgehead atoms. The number of carbonyl (C=O) groups excluding carboxylic acids is 5. The van der Waals surface area contributed by atoms with Crippen LogP contribution >= 0.6 is 0 Å². The number of nitrogen functional groups attached to an aromatic ring is 1. The van der Waals surface area contributed by atoms with Crippen LogP contribution in [0.15, 0.2) is 12.7 Å². The number of ether oxygens (including phenoxy) is 3. The summed E-state index contributed by atoms with van der Waals surface area (Å²) >= 11 is 0. The van der Waals surface area contributed by atoms with Gasteiger partial charge in [0.05, 0.1) is 6.33 Å². The van der Waals surface area contributed by atoms with Crippen LogP contribution in [0.2, 0.25) is 0 Å². The Morgan fingerprint density at radius 2 is 1.09 bits per heavy atom. The van der Waals surface area contributed by atoms with Crippen molar-refractivity contribution in [3.05, 3.63) is 12.7 Å². The summed E-state index contributed by atoms with van der Waals surface area (Å²) in [5.41, 5.74) is 4.76. The topological polar surface area (TPSA) is 208 Å². The highest BCUT2D eigenvalue weighted by atomic mass is 16.6. The Labute approximate surface area is 330 Å². The number of nitrogens with zero attached hydrogens (tertiary/aromatic N) is 8. The normalized spacial score (nSPS) is 15.2. The molecule has 0 atom stereocenters. The molecular formula is C38H64N10O8. The standard InChI is InChI=1S/C38H64N10O8/c1-36(2,3)54-33(51)45-20-18-44(19-21-46(34(52)55-37(4,5)6)23-25-47(24-22-45)35(53)56-38(7,8)9)29(50)15-11-10-12-16-40-28(49)14-13-17-48-27-43-30-31(39)41-26-42-32(30)48/h26-27H,10-25H2,1-9H3,(H,40,49)(H2,39,41,42). The quantitative estimate of drug-likeness (QED) is 0.254. The maximum absolute atomic E-state index is 13.7. The van der Waals surface area contributed by atoms with Gasteiger partial charge < -0.3 is 49.4 Å². The number of fused-ring (bicyclic) bond motifs is 1. The van der Waals surface area contributed by atoms with E-state index < -0.39 is 35.1 Å². The summed E-state index contributed by atoms with van der Waals surface area (Å²) in [4.78, 5) is 84.6. The van der Waals surface area contributed by atoms with Crippen molar-refractivity contribution in [2.45, 2.75) is 124 Å². The first-order valence-electron chi connectivity index (χ1n) is 19.5. The van der Waals surface area contributed by atoms with E-state index in [1.54, 1.807) is 73.5 Å². The summed E-state index contributed by atoms with van der Waals surface area (Å²) in [6, 6.07) is 0. The van der Waals surface area contributed by atoms with Gasteiger partial charge >= 0.3 is 18.3 Å². The second-order valence-corrected chi connectivity index (χ2v) is 16.9. The van der Waals surface area contributed by atoms with E-state index in [4.69, 9.17) is 19.9 Å². The molecular weight excluding hydrogens is 724 g/mol. The second kappa shape index (κ2) is 20.3. The summed E-state index contributed by atoms with van der Waals surface area (Å²) in [6.45, 7) is 18.2. The minimum absolute atomic E-state index is 0.0581. The highest BCUT2D eigenvalue weighted by Crippen LogP contribution is 2.17. The third kappa shape index (κ3) is 16.1. The van der Waals surface area contributed by atoms with Crippen LogP contribution in [0.25, 0.3) is 11.2 Å².